The van der Waals surface area contributed by atoms with Crippen LogP contribution in [0.25, 0.3) is 0 Å². The molecule has 1 aliphatic heterocycles. The number of carbonyl (C=O) groups excluding carboxylic acids is 2. The Kier molecular flexibility index (Phi) is 4.99. The third-order valence-electron chi connectivity index (χ3n) is 3.80. The summed E-state index contributed by atoms with van der Waals surface area (Å²) in [6.07, 6.45) is 2.94. The molecule has 0 radical (unpaired) electrons. The number of hydrogen-bond acceptors (Lipinski definition) is 7. The van der Waals surface area contributed by atoms with Gasteiger partial charge in [-0.15, -0.1) is 10.2 Å². The third-order valence-corrected chi connectivity index (χ3v) is 4.41. The van der Waals surface area contributed by atoms with E-state index in [1.807, 2.05) is 11.8 Å². The summed E-state index contributed by atoms with van der Waals surface area (Å²) < 4.78 is 0. The van der Waals surface area contributed by atoms with E-state index in [1.54, 1.807) is 17.6 Å². The summed E-state index contributed by atoms with van der Waals surface area (Å²) in [5.41, 5.74) is 2.00. The number of nitrogens with zero attached hydrogens (tertiary/aromatic N) is 4. The number of carbonyl (C=O) groups is 2. The fourth-order valence-electron chi connectivity index (χ4n) is 2.55. The van der Waals surface area contributed by atoms with Gasteiger partial charge in [0.05, 0.1) is 5.56 Å². The number of amides is 2. The molecule has 1 atom stereocenters. The zero-order valence-corrected chi connectivity index (χ0v) is 14.0. The van der Waals surface area contributed by atoms with Crippen molar-refractivity contribution in [1.82, 2.24) is 20.1 Å². The van der Waals surface area contributed by atoms with Crippen molar-refractivity contribution in [1.29, 1.82) is 0 Å². The van der Waals surface area contributed by atoms with Crippen LogP contribution in [0.4, 0.5) is 10.9 Å². The Morgan fingerprint density at radius 1 is 1.42 bits per heavy atom. The van der Waals surface area contributed by atoms with Crippen molar-refractivity contribution in [2.24, 2.45) is 0 Å². The van der Waals surface area contributed by atoms with E-state index in [1.165, 1.54) is 17.5 Å². The van der Waals surface area contributed by atoms with Gasteiger partial charge in [0.15, 0.2) is 0 Å². The van der Waals surface area contributed by atoms with Gasteiger partial charge < -0.3 is 10.2 Å². The predicted molar refractivity (Wildman–Crippen MR) is 91.0 cm³/mol. The summed E-state index contributed by atoms with van der Waals surface area (Å²) >= 11 is 1.26. The van der Waals surface area contributed by atoms with E-state index in [9.17, 15) is 9.59 Å². The van der Waals surface area contributed by atoms with Gasteiger partial charge >= 0.3 is 0 Å². The summed E-state index contributed by atoms with van der Waals surface area (Å²) in [5.74, 6) is 0.598. The highest BCUT2D eigenvalue weighted by molar-refractivity contribution is 7.13. The molecule has 0 saturated carbocycles. The molecule has 2 aromatic heterocycles. The topological polar surface area (TPSA) is 100 Å². The molecular weight excluding hydrogens is 328 g/mol. The maximum absolute atomic E-state index is 12.0. The number of hydrogen-bond donors (Lipinski definition) is 2. The maximum atomic E-state index is 12.0. The van der Waals surface area contributed by atoms with E-state index in [2.05, 4.69) is 25.8 Å². The van der Waals surface area contributed by atoms with Gasteiger partial charge in [0.25, 0.3) is 5.91 Å². The first-order valence-corrected chi connectivity index (χ1v) is 8.61. The van der Waals surface area contributed by atoms with Crippen molar-refractivity contribution < 1.29 is 9.59 Å². The second-order valence-electron chi connectivity index (χ2n) is 5.45. The van der Waals surface area contributed by atoms with E-state index in [0.29, 0.717) is 29.5 Å². The van der Waals surface area contributed by atoms with Crippen LogP contribution in [-0.4, -0.2) is 51.0 Å². The lowest BCUT2D eigenvalue weighted by atomic mass is 10.2. The number of nitrogens with one attached hydrogen (secondary N) is 2. The Hall–Kier alpha value is -2.55. The Bertz CT molecular complexity index is 703. The van der Waals surface area contributed by atoms with Crippen LogP contribution in [0.2, 0.25) is 0 Å². The fraction of sp³-hybridized carbons (Fsp3) is 0.400. The van der Waals surface area contributed by atoms with Gasteiger partial charge in [-0.2, -0.15) is 0 Å². The average Bonchev–Trinajstić information content (AvgIpc) is 3.27. The zero-order valence-electron chi connectivity index (χ0n) is 13.2. The molecule has 0 bridgehead atoms. The van der Waals surface area contributed by atoms with E-state index >= 15 is 0 Å². The second kappa shape index (κ2) is 7.35. The van der Waals surface area contributed by atoms with E-state index in [0.717, 1.165) is 13.0 Å². The van der Waals surface area contributed by atoms with Crippen LogP contribution >= 0.6 is 11.3 Å². The molecule has 8 nitrogen and oxygen atoms in total. The molecule has 1 saturated heterocycles. The van der Waals surface area contributed by atoms with Crippen LogP contribution in [0, 0.1) is 0 Å². The zero-order chi connectivity index (χ0) is 16.9. The minimum absolute atomic E-state index is 0.177. The van der Waals surface area contributed by atoms with Gasteiger partial charge in [-0.3, -0.25) is 14.9 Å². The van der Waals surface area contributed by atoms with Crippen LogP contribution in [-0.2, 0) is 4.79 Å². The number of rotatable bonds is 5. The highest BCUT2D eigenvalue weighted by atomic mass is 32.1. The lowest BCUT2D eigenvalue weighted by Gasteiger charge is -2.16. The van der Waals surface area contributed by atoms with Gasteiger partial charge in [-0.25, -0.2) is 4.98 Å². The van der Waals surface area contributed by atoms with Gasteiger partial charge in [0.2, 0.25) is 11.0 Å². The Labute approximate surface area is 143 Å². The molecule has 9 heteroatoms. The molecule has 2 aromatic rings. The minimum Gasteiger partial charge on any atom is -0.365 e. The van der Waals surface area contributed by atoms with Crippen LogP contribution in [0.5, 0.6) is 0 Å². The molecule has 1 unspecified atom stereocenters. The fourth-order valence-corrected chi connectivity index (χ4v) is 2.99. The van der Waals surface area contributed by atoms with Gasteiger partial charge in [-0.05, 0) is 18.6 Å². The van der Waals surface area contributed by atoms with Crippen LogP contribution < -0.4 is 10.6 Å². The van der Waals surface area contributed by atoms with Crippen molar-refractivity contribution in [2.45, 2.75) is 25.8 Å². The molecule has 126 valence electrons. The molecule has 1 aliphatic rings. The first-order valence-electron chi connectivity index (χ1n) is 7.73. The molecule has 3 heterocycles. The van der Waals surface area contributed by atoms with Crippen molar-refractivity contribution in [3.05, 3.63) is 29.4 Å². The molecule has 1 fully saturated rings. The SMILES string of the molecule is CCC(=O)N1CCC(Nc2ccc(C(=O)Nc3nncs3)cn2)C1. The van der Waals surface area contributed by atoms with Crippen LogP contribution in [0.3, 0.4) is 0 Å². The maximum Gasteiger partial charge on any atom is 0.259 e. The Morgan fingerprint density at radius 2 is 2.29 bits per heavy atom. The van der Waals surface area contributed by atoms with Crippen molar-refractivity contribution >= 4 is 34.1 Å². The van der Waals surface area contributed by atoms with E-state index in [-0.39, 0.29) is 17.9 Å². The number of anilines is 2. The molecule has 2 amide bonds. The van der Waals surface area contributed by atoms with Crippen molar-refractivity contribution in [3.63, 3.8) is 0 Å². The van der Waals surface area contributed by atoms with Crippen molar-refractivity contribution in [2.75, 3.05) is 23.7 Å². The second-order valence-corrected chi connectivity index (χ2v) is 6.29. The lowest BCUT2D eigenvalue weighted by molar-refractivity contribution is -0.129. The highest BCUT2D eigenvalue weighted by Crippen LogP contribution is 2.16. The van der Waals surface area contributed by atoms with Crippen LogP contribution in [0.1, 0.15) is 30.1 Å². The molecule has 0 spiro atoms. The quantitative estimate of drug-likeness (QED) is 0.853. The molecule has 2 N–H and O–H groups in total. The first-order chi connectivity index (χ1) is 11.7. The molecule has 3 rings (SSSR count). The number of aromatic nitrogens is 3. The normalized spacial score (nSPS) is 16.9. The van der Waals surface area contributed by atoms with E-state index < -0.39 is 0 Å². The van der Waals surface area contributed by atoms with Gasteiger partial charge in [0.1, 0.15) is 11.3 Å². The molecule has 0 aromatic carbocycles. The van der Waals surface area contributed by atoms with Gasteiger partial charge in [0, 0.05) is 31.7 Å². The molecule has 24 heavy (non-hydrogen) atoms. The Balaban J connectivity index is 1.55. The third kappa shape index (κ3) is 3.85. The summed E-state index contributed by atoms with van der Waals surface area (Å²) in [4.78, 5) is 29.9. The van der Waals surface area contributed by atoms with E-state index in [4.69, 9.17) is 0 Å². The summed E-state index contributed by atoms with van der Waals surface area (Å²) in [5, 5.41) is 13.8. The summed E-state index contributed by atoms with van der Waals surface area (Å²) in [6, 6.07) is 3.66. The standard InChI is InChI=1S/C15H18N6O2S/c1-2-13(22)21-6-5-11(8-21)18-12-4-3-10(7-16-12)14(23)19-15-20-17-9-24-15/h3-4,7,9,11H,2,5-6,8H2,1H3,(H,16,18)(H,19,20,23). The summed E-state index contributed by atoms with van der Waals surface area (Å²) in [6.45, 7) is 3.33. The monoisotopic (exact) mass is 346 g/mol. The van der Waals surface area contributed by atoms with Crippen molar-refractivity contribution in [3.8, 4) is 0 Å². The van der Waals surface area contributed by atoms with Gasteiger partial charge in [-0.1, -0.05) is 18.3 Å². The predicted octanol–water partition coefficient (Wildman–Crippen LogP) is 1.61. The average molecular weight is 346 g/mol. The number of pyridine rings is 1. The first kappa shape index (κ1) is 16.3. The minimum atomic E-state index is -0.272. The lowest BCUT2D eigenvalue weighted by Crippen LogP contribution is -2.31. The molecular formula is C15H18N6O2S. The molecule has 0 aliphatic carbocycles. The van der Waals surface area contributed by atoms with Crippen LogP contribution in [0.15, 0.2) is 23.8 Å². The smallest absolute Gasteiger partial charge is 0.259 e. The Morgan fingerprint density at radius 3 is 2.96 bits per heavy atom. The largest absolute Gasteiger partial charge is 0.365 e. The highest BCUT2D eigenvalue weighted by Gasteiger charge is 2.25. The number of likely N-dealkylation sites (tertiary alicyclic amines) is 1. The summed E-state index contributed by atoms with van der Waals surface area (Å²) in [7, 11) is 0.